The standard InChI is InChI=1S/C17H23NO4/c1-11-4-7-15(12(2)8-11)21-10-17(20)22-9-16(19)18-13(3)14-5-6-14/h4,7-8,13-14H,5-6,9-10H2,1-3H3,(H,18,19)/t13-/m1/s1. The van der Waals surface area contributed by atoms with Crippen LogP contribution in [0.2, 0.25) is 0 Å². The zero-order valence-electron chi connectivity index (χ0n) is 13.3. The van der Waals surface area contributed by atoms with Crippen LogP contribution in [-0.4, -0.2) is 31.1 Å². The molecule has 2 rings (SSSR count). The Kier molecular flexibility index (Phi) is 5.41. The van der Waals surface area contributed by atoms with E-state index in [4.69, 9.17) is 9.47 Å². The zero-order valence-corrected chi connectivity index (χ0v) is 13.3. The molecular weight excluding hydrogens is 282 g/mol. The molecule has 1 aromatic rings. The second-order valence-corrected chi connectivity index (χ2v) is 5.91. The van der Waals surface area contributed by atoms with Crippen molar-refractivity contribution in [3.63, 3.8) is 0 Å². The molecule has 1 aliphatic carbocycles. The molecule has 120 valence electrons. The SMILES string of the molecule is Cc1ccc(OCC(=O)OCC(=O)N[C@H](C)C2CC2)c(C)c1. The molecule has 0 heterocycles. The second kappa shape index (κ2) is 7.29. The predicted molar refractivity (Wildman–Crippen MR) is 82.7 cm³/mol. The van der Waals surface area contributed by atoms with Crippen molar-refractivity contribution in [1.82, 2.24) is 5.32 Å². The molecule has 0 aromatic heterocycles. The van der Waals surface area contributed by atoms with Gasteiger partial charge in [-0.2, -0.15) is 0 Å². The minimum Gasteiger partial charge on any atom is -0.482 e. The summed E-state index contributed by atoms with van der Waals surface area (Å²) in [4.78, 5) is 23.2. The molecule has 0 aliphatic heterocycles. The fourth-order valence-corrected chi connectivity index (χ4v) is 2.30. The van der Waals surface area contributed by atoms with E-state index in [1.165, 1.54) is 0 Å². The van der Waals surface area contributed by atoms with Gasteiger partial charge in [-0.25, -0.2) is 4.79 Å². The first-order valence-electron chi connectivity index (χ1n) is 7.60. The number of amides is 1. The van der Waals surface area contributed by atoms with Crippen LogP contribution < -0.4 is 10.1 Å². The Balaban J connectivity index is 1.67. The summed E-state index contributed by atoms with van der Waals surface area (Å²) in [5.74, 6) is 0.412. The number of ether oxygens (including phenoxy) is 2. The van der Waals surface area contributed by atoms with Crippen molar-refractivity contribution in [2.24, 2.45) is 5.92 Å². The molecule has 1 aliphatic rings. The molecule has 1 aromatic carbocycles. The molecule has 1 saturated carbocycles. The second-order valence-electron chi connectivity index (χ2n) is 5.91. The molecule has 5 heteroatoms. The minimum absolute atomic E-state index is 0.151. The van der Waals surface area contributed by atoms with Gasteiger partial charge in [0.05, 0.1) is 0 Å². The molecule has 0 saturated heterocycles. The van der Waals surface area contributed by atoms with Crippen LogP contribution in [0.1, 0.15) is 30.9 Å². The highest BCUT2D eigenvalue weighted by molar-refractivity contribution is 5.81. The summed E-state index contributed by atoms with van der Waals surface area (Å²) in [7, 11) is 0. The number of nitrogens with one attached hydrogen (secondary N) is 1. The fraction of sp³-hybridized carbons (Fsp3) is 0.529. The number of rotatable bonds is 7. The highest BCUT2D eigenvalue weighted by atomic mass is 16.6. The smallest absolute Gasteiger partial charge is 0.344 e. The molecule has 0 unspecified atom stereocenters. The summed E-state index contributed by atoms with van der Waals surface area (Å²) in [5, 5.41) is 2.83. The first kappa shape index (κ1) is 16.3. The first-order chi connectivity index (χ1) is 10.5. The topological polar surface area (TPSA) is 64.6 Å². The van der Waals surface area contributed by atoms with E-state index in [-0.39, 0.29) is 25.2 Å². The highest BCUT2D eigenvalue weighted by Crippen LogP contribution is 2.32. The van der Waals surface area contributed by atoms with Crippen LogP contribution in [0.25, 0.3) is 0 Å². The molecule has 1 N–H and O–H groups in total. The van der Waals surface area contributed by atoms with E-state index in [9.17, 15) is 9.59 Å². The van der Waals surface area contributed by atoms with Gasteiger partial charge in [-0.05, 0) is 51.2 Å². The lowest BCUT2D eigenvalue weighted by atomic mass is 10.1. The summed E-state index contributed by atoms with van der Waals surface area (Å²) in [6.07, 6.45) is 2.32. The van der Waals surface area contributed by atoms with Gasteiger partial charge in [-0.1, -0.05) is 17.7 Å². The van der Waals surface area contributed by atoms with Crippen molar-refractivity contribution in [1.29, 1.82) is 0 Å². The Bertz CT molecular complexity index is 552. The van der Waals surface area contributed by atoms with Crippen LogP contribution in [0.4, 0.5) is 0 Å². The van der Waals surface area contributed by atoms with Gasteiger partial charge in [0, 0.05) is 6.04 Å². The van der Waals surface area contributed by atoms with Crippen LogP contribution >= 0.6 is 0 Å². The maximum atomic E-state index is 11.6. The average molecular weight is 305 g/mol. The third-order valence-corrected chi connectivity index (χ3v) is 3.76. The van der Waals surface area contributed by atoms with Gasteiger partial charge in [0.1, 0.15) is 5.75 Å². The third-order valence-electron chi connectivity index (χ3n) is 3.76. The molecule has 5 nitrogen and oxygen atoms in total. The Morgan fingerprint density at radius 2 is 2.00 bits per heavy atom. The number of hydrogen-bond donors (Lipinski definition) is 1. The summed E-state index contributed by atoms with van der Waals surface area (Å²) >= 11 is 0. The van der Waals surface area contributed by atoms with Crippen molar-refractivity contribution in [2.75, 3.05) is 13.2 Å². The Morgan fingerprint density at radius 3 is 2.64 bits per heavy atom. The number of hydrogen-bond acceptors (Lipinski definition) is 4. The lowest BCUT2D eigenvalue weighted by molar-refractivity contribution is -0.150. The van der Waals surface area contributed by atoms with Gasteiger partial charge < -0.3 is 14.8 Å². The Hall–Kier alpha value is -2.04. The zero-order chi connectivity index (χ0) is 16.1. The van der Waals surface area contributed by atoms with Crippen molar-refractivity contribution in [2.45, 2.75) is 39.7 Å². The monoisotopic (exact) mass is 305 g/mol. The highest BCUT2D eigenvalue weighted by Gasteiger charge is 2.28. The largest absolute Gasteiger partial charge is 0.482 e. The number of esters is 1. The van der Waals surface area contributed by atoms with Gasteiger partial charge in [0.2, 0.25) is 0 Å². The number of benzene rings is 1. The van der Waals surface area contributed by atoms with Crippen molar-refractivity contribution >= 4 is 11.9 Å². The van der Waals surface area contributed by atoms with E-state index in [2.05, 4.69) is 5.32 Å². The van der Waals surface area contributed by atoms with Crippen molar-refractivity contribution in [3.05, 3.63) is 29.3 Å². The van der Waals surface area contributed by atoms with Gasteiger partial charge in [0.25, 0.3) is 5.91 Å². The summed E-state index contributed by atoms with van der Waals surface area (Å²) in [5.41, 5.74) is 2.10. The van der Waals surface area contributed by atoms with Crippen molar-refractivity contribution < 1.29 is 19.1 Å². The number of aryl methyl sites for hydroxylation is 2. The van der Waals surface area contributed by atoms with Crippen LogP contribution in [0.5, 0.6) is 5.75 Å². The Labute approximate surface area is 131 Å². The molecule has 0 radical (unpaired) electrons. The van der Waals surface area contributed by atoms with E-state index >= 15 is 0 Å². The van der Waals surface area contributed by atoms with Gasteiger partial charge in [-0.15, -0.1) is 0 Å². The fourth-order valence-electron chi connectivity index (χ4n) is 2.30. The number of carbonyl (C=O) groups excluding carboxylic acids is 2. The summed E-state index contributed by atoms with van der Waals surface area (Å²) < 4.78 is 10.3. The van der Waals surface area contributed by atoms with Crippen LogP contribution in [-0.2, 0) is 14.3 Å². The van der Waals surface area contributed by atoms with Crippen LogP contribution in [0.3, 0.4) is 0 Å². The van der Waals surface area contributed by atoms with E-state index in [1.54, 1.807) is 0 Å². The van der Waals surface area contributed by atoms with E-state index in [0.717, 1.165) is 24.0 Å². The lowest BCUT2D eigenvalue weighted by Crippen LogP contribution is -2.37. The quantitative estimate of drug-likeness (QED) is 0.784. The molecule has 0 spiro atoms. The molecule has 1 fully saturated rings. The van der Waals surface area contributed by atoms with Gasteiger partial charge in [0.15, 0.2) is 13.2 Å². The first-order valence-corrected chi connectivity index (χ1v) is 7.60. The summed E-state index contributed by atoms with van der Waals surface area (Å²) in [6.45, 7) is 5.43. The minimum atomic E-state index is -0.547. The van der Waals surface area contributed by atoms with E-state index in [1.807, 2.05) is 39.0 Å². The summed E-state index contributed by atoms with van der Waals surface area (Å²) in [6, 6.07) is 5.87. The molecule has 1 amide bonds. The van der Waals surface area contributed by atoms with Gasteiger partial charge >= 0.3 is 5.97 Å². The van der Waals surface area contributed by atoms with Crippen LogP contribution in [0, 0.1) is 19.8 Å². The van der Waals surface area contributed by atoms with E-state index in [0.29, 0.717) is 11.7 Å². The predicted octanol–water partition coefficient (Wildman–Crippen LogP) is 2.14. The third kappa shape index (κ3) is 5.06. The molecular formula is C17H23NO4. The maximum absolute atomic E-state index is 11.6. The van der Waals surface area contributed by atoms with Gasteiger partial charge in [-0.3, -0.25) is 4.79 Å². The molecule has 0 bridgehead atoms. The lowest BCUT2D eigenvalue weighted by Gasteiger charge is -2.13. The average Bonchev–Trinajstić information content (AvgIpc) is 3.28. The normalized spacial score (nSPS) is 15.0. The number of carbonyl (C=O) groups is 2. The Morgan fingerprint density at radius 1 is 1.27 bits per heavy atom. The maximum Gasteiger partial charge on any atom is 0.344 e. The van der Waals surface area contributed by atoms with E-state index < -0.39 is 5.97 Å². The molecule has 22 heavy (non-hydrogen) atoms. The van der Waals surface area contributed by atoms with Crippen molar-refractivity contribution in [3.8, 4) is 5.75 Å². The molecule has 1 atom stereocenters. The van der Waals surface area contributed by atoms with Crippen LogP contribution in [0.15, 0.2) is 18.2 Å².